The molecule has 9 nitrogen and oxygen atoms in total. The van der Waals surface area contributed by atoms with Gasteiger partial charge < -0.3 is 10.1 Å². The fraction of sp³-hybridized carbons (Fsp3) is 0.500. The molecule has 0 spiro atoms. The fourth-order valence-corrected chi connectivity index (χ4v) is 4.79. The first-order valence-corrected chi connectivity index (χ1v) is 12.5. The lowest BCUT2D eigenvalue weighted by Gasteiger charge is -2.40. The monoisotopic (exact) mass is 480 g/mol. The maximum atomic E-state index is 13.2. The van der Waals surface area contributed by atoms with Crippen LogP contribution in [0.2, 0.25) is 0 Å². The summed E-state index contributed by atoms with van der Waals surface area (Å²) in [6.07, 6.45) is 4.04. The summed E-state index contributed by atoms with van der Waals surface area (Å²) in [4.78, 5) is 32.7. The Labute approximate surface area is 207 Å². The first kappa shape index (κ1) is 24.9. The van der Waals surface area contributed by atoms with Gasteiger partial charge in [0.2, 0.25) is 0 Å². The highest BCUT2D eigenvalue weighted by Crippen LogP contribution is 2.32. The number of ether oxygens (including phenoxy) is 1. The predicted molar refractivity (Wildman–Crippen MR) is 133 cm³/mol. The van der Waals surface area contributed by atoms with Gasteiger partial charge in [-0.05, 0) is 26.3 Å². The third kappa shape index (κ3) is 5.74. The fourth-order valence-electron chi connectivity index (χ4n) is 4.79. The normalized spacial score (nSPS) is 19.7. The Hall–Kier alpha value is -3.17. The van der Waals surface area contributed by atoms with Gasteiger partial charge in [-0.15, -0.1) is 0 Å². The summed E-state index contributed by atoms with van der Waals surface area (Å²) >= 11 is 0. The lowest BCUT2D eigenvalue weighted by molar-refractivity contribution is -0.139. The number of urea groups is 1. The molecule has 3 heterocycles. The zero-order valence-electron chi connectivity index (χ0n) is 20.9. The minimum atomic E-state index is -0.531. The highest BCUT2D eigenvalue weighted by Gasteiger charge is 2.38. The molecule has 1 aromatic heterocycles. The van der Waals surface area contributed by atoms with Crippen LogP contribution in [0, 0.1) is 0 Å². The van der Waals surface area contributed by atoms with Crippen LogP contribution in [-0.2, 0) is 22.6 Å². The zero-order valence-corrected chi connectivity index (χ0v) is 20.9. The van der Waals surface area contributed by atoms with Crippen molar-refractivity contribution in [2.75, 3.05) is 45.9 Å². The molecule has 0 radical (unpaired) electrons. The summed E-state index contributed by atoms with van der Waals surface area (Å²) in [7, 11) is 0. The number of hydrogen-bond donors (Lipinski definition) is 1. The average molecular weight is 481 g/mol. The van der Waals surface area contributed by atoms with E-state index in [0.717, 1.165) is 50.5 Å². The van der Waals surface area contributed by atoms with Crippen LogP contribution in [0.5, 0.6) is 0 Å². The number of carbonyl (C=O) groups excluding carboxylic acids is 2. The van der Waals surface area contributed by atoms with Gasteiger partial charge in [0.15, 0.2) is 0 Å². The Kier molecular flexibility index (Phi) is 8.20. The summed E-state index contributed by atoms with van der Waals surface area (Å²) in [6, 6.07) is 8.91. The van der Waals surface area contributed by atoms with Crippen molar-refractivity contribution < 1.29 is 14.3 Å². The van der Waals surface area contributed by atoms with E-state index in [-0.39, 0.29) is 18.6 Å². The molecule has 2 aliphatic rings. The number of amides is 2. The van der Waals surface area contributed by atoms with Gasteiger partial charge in [0.05, 0.1) is 24.4 Å². The molecule has 0 bridgehead atoms. The second kappa shape index (κ2) is 11.5. The summed E-state index contributed by atoms with van der Waals surface area (Å²) in [5, 5.41) is 7.40. The molecular formula is C26H36N6O3. The molecule has 9 heteroatoms. The highest BCUT2D eigenvalue weighted by molar-refractivity contribution is 5.95. The lowest BCUT2D eigenvalue weighted by atomic mass is 9.94. The molecular weight excluding hydrogens is 444 g/mol. The number of nitrogens with zero attached hydrogens (tertiary/aromatic N) is 5. The van der Waals surface area contributed by atoms with Crippen LogP contribution < -0.4 is 5.32 Å². The molecule has 1 unspecified atom stereocenters. The largest absolute Gasteiger partial charge is 0.463 e. The number of esters is 1. The molecule has 1 saturated heterocycles. The van der Waals surface area contributed by atoms with Gasteiger partial charge >= 0.3 is 12.0 Å². The van der Waals surface area contributed by atoms with Crippen LogP contribution in [0.3, 0.4) is 0 Å². The third-order valence-corrected chi connectivity index (χ3v) is 6.64. The van der Waals surface area contributed by atoms with Gasteiger partial charge in [-0.2, -0.15) is 5.10 Å². The maximum Gasteiger partial charge on any atom is 0.338 e. The van der Waals surface area contributed by atoms with Gasteiger partial charge in [-0.3, -0.25) is 19.4 Å². The molecule has 1 N–H and O–H groups in total. The Morgan fingerprint density at radius 3 is 2.31 bits per heavy atom. The molecule has 1 aromatic carbocycles. The second-order valence-corrected chi connectivity index (χ2v) is 8.87. The number of likely N-dealkylation sites (N-methyl/N-ethyl adjacent to an activating group) is 1. The maximum absolute atomic E-state index is 13.2. The Morgan fingerprint density at radius 1 is 1.03 bits per heavy atom. The topological polar surface area (TPSA) is 82.9 Å². The van der Waals surface area contributed by atoms with Crippen molar-refractivity contribution in [3.63, 3.8) is 0 Å². The van der Waals surface area contributed by atoms with Crippen molar-refractivity contribution in [3.05, 3.63) is 65.1 Å². The van der Waals surface area contributed by atoms with Crippen LogP contribution in [0.4, 0.5) is 4.79 Å². The SMILES string of the molecule is CCOC(=O)C1=C(CN2CCN(Cc3cnn(CC)c3)CC2)N(CC)C(=O)NC1c1ccccc1. The molecule has 2 amide bonds. The van der Waals surface area contributed by atoms with Gasteiger partial charge in [0.1, 0.15) is 0 Å². The quantitative estimate of drug-likeness (QED) is 0.556. The summed E-state index contributed by atoms with van der Waals surface area (Å²) in [5.41, 5.74) is 3.35. The van der Waals surface area contributed by atoms with Crippen LogP contribution in [0.25, 0.3) is 0 Å². The van der Waals surface area contributed by atoms with Gasteiger partial charge in [0.25, 0.3) is 0 Å². The first-order chi connectivity index (χ1) is 17.0. The molecule has 4 rings (SSSR count). The molecule has 2 aromatic rings. The van der Waals surface area contributed by atoms with E-state index in [4.69, 9.17) is 4.74 Å². The van der Waals surface area contributed by atoms with Crippen molar-refractivity contribution in [3.8, 4) is 0 Å². The molecule has 1 atom stereocenters. The molecule has 0 saturated carbocycles. The van der Waals surface area contributed by atoms with E-state index < -0.39 is 6.04 Å². The van der Waals surface area contributed by atoms with Crippen molar-refractivity contribution in [1.82, 2.24) is 29.8 Å². The lowest BCUT2D eigenvalue weighted by Crippen LogP contribution is -2.53. The predicted octanol–water partition coefficient (Wildman–Crippen LogP) is 2.62. The average Bonchev–Trinajstić information content (AvgIpc) is 3.33. The van der Waals surface area contributed by atoms with Gasteiger partial charge in [-0.1, -0.05) is 30.3 Å². The van der Waals surface area contributed by atoms with Crippen molar-refractivity contribution in [2.24, 2.45) is 0 Å². The smallest absolute Gasteiger partial charge is 0.338 e. The van der Waals surface area contributed by atoms with E-state index in [2.05, 4.69) is 33.3 Å². The van der Waals surface area contributed by atoms with E-state index >= 15 is 0 Å². The molecule has 0 aliphatic carbocycles. The minimum absolute atomic E-state index is 0.184. The molecule has 188 valence electrons. The number of rotatable bonds is 9. The van der Waals surface area contributed by atoms with E-state index in [9.17, 15) is 9.59 Å². The standard InChI is InChI=1S/C26H36N6O3/c1-4-31-18-20(16-27-31)17-29-12-14-30(15-13-29)19-22-23(25(33)35-6-3)24(21-10-8-7-9-11-21)28-26(34)32(22)5-2/h7-11,16,18,24H,4-6,12-15,17,19H2,1-3H3,(H,28,34). The number of aromatic nitrogens is 2. The van der Waals surface area contributed by atoms with E-state index in [1.165, 1.54) is 5.56 Å². The van der Waals surface area contributed by atoms with Crippen LogP contribution in [0.15, 0.2) is 54.0 Å². The Bertz CT molecular complexity index is 1040. The van der Waals surface area contributed by atoms with E-state index in [1.54, 1.807) is 11.8 Å². The Balaban J connectivity index is 1.54. The second-order valence-electron chi connectivity index (χ2n) is 8.87. The third-order valence-electron chi connectivity index (χ3n) is 6.64. The number of carbonyl (C=O) groups is 2. The van der Waals surface area contributed by atoms with Crippen LogP contribution in [-0.4, -0.2) is 82.4 Å². The van der Waals surface area contributed by atoms with Crippen molar-refractivity contribution in [1.29, 1.82) is 0 Å². The number of benzene rings is 1. The molecule has 1 fully saturated rings. The number of piperazine rings is 1. The molecule has 35 heavy (non-hydrogen) atoms. The van der Waals surface area contributed by atoms with E-state index in [1.807, 2.05) is 48.1 Å². The van der Waals surface area contributed by atoms with Crippen LogP contribution >= 0.6 is 0 Å². The minimum Gasteiger partial charge on any atom is -0.463 e. The number of nitrogens with one attached hydrogen (secondary N) is 1. The van der Waals surface area contributed by atoms with Crippen molar-refractivity contribution in [2.45, 2.75) is 39.9 Å². The van der Waals surface area contributed by atoms with E-state index in [0.29, 0.717) is 18.7 Å². The van der Waals surface area contributed by atoms with Gasteiger partial charge in [-0.25, -0.2) is 9.59 Å². The van der Waals surface area contributed by atoms with Crippen LogP contribution in [0.1, 0.15) is 37.9 Å². The molecule has 2 aliphatic heterocycles. The highest BCUT2D eigenvalue weighted by atomic mass is 16.5. The summed E-state index contributed by atoms with van der Waals surface area (Å²) in [6.45, 7) is 12.4. The van der Waals surface area contributed by atoms with Gasteiger partial charge in [0, 0.05) is 69.8 Å². The van der Waals surface area contributed by atoms with Crippen molar-refractivity contribution >= 4 is 12.0 Å². The Morgan fingerprint density at radius 2 is 1.71 bits per heavy atom. The first-order valence-electron chi connectivity index (χ1n) is 12.5. The zero-order chi connectivity index (χ0) is 24.8. The summed E-state index contributed by atoms with van der Waals surface area (Å²) in [5.74, 6) is -0.374. The number of aryl methyl sites for hydroxylation is 1. The number of hydrogen-bond acceptors (Lipinski definition) is 6. The summed E-state index contributed by atoms with van der Waals surface area (Å²) < 4.78 is 7.42.